The standard InChI is InChI=1S/C21H29N5O2S/c1-14(2)17-12-19(26-10-8-25(3)9-11-26)24-21(23-17)29-13-16-6-7-18(28-16)20(27)22-15-4-5-15/h6-7,12,14-15H,4-5,8-11,13H2,1-3H3,(H,22,27)/p+1. The molecule has 1 aliphatic carbocycles. The van der Waals surface area contributed by atoms with Crippen LogP contribution in [0.1, 0.15) is 54.6 Å². The summed E-state index contributed by atoms with van der Waals surface area (Å²) in [5, 5.41) is 3.71. The first-order valence-corrected chi connectivity index (χ1v) is 11.4. The Morgan fingerprint density at radius 2 is 2.07 bits per heavy atom. The van der Waals surface area contributed by atoms with Gasteiger partial charge < -0.3 is 19.5 Å². The smallest absolute Gasteiger partial charge is 0.287 e. The molecule has 0 unspecified atom stereocenters. The summed E-state index contributed by atoms with van der Waals surface area (Å²) in [5.41, 5.74) is 1.06. The SMILES string of the molecule is CC(C)c1cc(N2CC[NH+](C)CC2)nc(SCc2ccc(C(=O)NC3CC3)o2)n1. The van der Waals surface area contributed by atoms with Crippen LogP contribution in [0.3, 0.4) is 0 Å². The summed E-state index contributed by atoms with van der Waals surface area (Å²) in [7, 11) is 2.24. The molecule has 2 aromatic rings. The zero-order valence-corrected chi connectivity index (χ0v) is 18.2. The first-order valence-electron chi connectivity index (χ1n) is 10.5. The number of furan rings is 1. The topological polar surface area (TPSA) is 75.7 Å². The van der Waals surface area contributed by atoms with Crippen LogP contribution in [0.2, 0.25) is 0 Å². The van der Waals surface area contributed by atoms with Gasteiger partial charge in [0.15, 0.2) is 10.9 Å². The minimum atomic E-state index is -0.124. The van der Waals surface area contributed by atoms with Crippen LogP contribution in [-0.4, -0.2) is 55.1 Å². The monoisotopic (exact) mass is 416 g/mol. The zero-order valence-electron chi connectivity index (χ0n) is 17.4. The van der Waals surface area contributed by atoms with E-state index in [0.717, 1.165) is 61.4 Å². The third kappa shape index (κ3) is 5.30. The highest BCUT2D eigenvalue weighted by molar-refractivity contribution is 7.98. The third-order valence-electron chi connectivity index (χ3n) is 5.39. The van der Waals surface area contributed by atoms with Crippen molar-refractivity contribution in [3.8, 4) is 0 Å². The van der Waals surface area contributed by atoms with Gasteiger partial charge in [0, 0.05) is 17.8 Å². The van der Waals surface area contributed by atoms with Crippen LogP contribution in [-0.2, 0) is 5.75 Å². The Morgan fingerprint density at radius 3 is 2.76 bits per heavy atom. The average molecular weight is 417 g/mol. The summed E-state index contributed by atoms with van der Waals surface area (Å²) in [6.07, 6.45) is 2.13. The molecular weight excluding hydrogens is 386 g/mol. The first-order chi connectivity index (χ1) is 14.0. The number of quaternary nitrogens is 1. The second-order valence-electron chi connectivity index (χ2n) is 8.33. The summed E-state index contributed by atoms with van der Waals surface area (Å²) in [4.78, 5) is 25.6. The molecule has 156 valence electrons. The first kappa shape index (κ1) is 20.2. The average Bonchev–Trinajstić information content (AvgIpc) is 3.39. The molecule has 7 nitrogen and oxygen atoms in total. The van der Waals surface area contributed by atoms with Gasteiger partial charge >= 0.3 is 0 Å². The van der Waals surface area contributed by atoms with Crippen molar-refractivity contribution in [1.29, 1.82) is 0 Å². The molecule has 3 heterocycles. The van der Waals surface area contributed by atoms with Crippen molar-refractivity contribution >= 4 is 23.5 Å². The van der Waals surface area contributed by atoms with Crippen LogP contribution in [0.4, 0.5) is 5.82 Å². The fourth-order valence-electron chi connectivity index (χ4n) is 3.27. The predicted octanol–water partition coefficient (Wildman–Crippen LogP) is 1.71. The number of thioether (sulfide) groups is 1. The number of nitrogens with zero attached hydrogens (tertiary/aromatic N) is 3. The van der Waals surface area contributed by atoms with Gasteiger partial charge in [-0.25, -0.2) is 9.97 Å². The molecule has 1 aliphatic heterocycles. The minimum Gasteiger partial charge on any atom is -0.455 e. The Kier molecular flexibility index (Phi) is 6.10. The quantitative estimate of drug-likeness (QED) is 0.529. The molecule has 4 rings (SSSR count). The lowest BCUT2D eigenvalue weighted by atomic mass is 10.1. The molecule has 1 amide bonds. The van der Waals surface area contributed by atoms with Gasteiger partial charge in [-0.1, -0.05) is 25.6 Å². The predicted molar refractivity (Wildman–Crippen MR) is 114 cm³/mol. The van der Waals surface area contributed by atoms with Crippen molar-refractivity contribution in [3.05, 3.63) is 35.4 Å². The lowest BCUT2D eigenvalue weighted by molar-refractivity contribution is -0.880. The summed E-state index contributed by atoms with van der Waals surface area (Å²) < 4.78 is 5.73. The Morgan fingerprint density at radius 1 is 1.31 bits per heavy atom. The summed E-state index contributed by atoms with van der Waals surface area (Å²) in [5.74, 6) is 2.98. The van der Waals surface area contributed by atoms with E-state index in [1.54, 1.807) is 22.7 Å². The van der Waals surface area contributed by atoms with Crippen LogP contribution in [0.5, 0.6) is 0 Å². The number of hydrogen-bond donors (Lipinski definition) is 2. The van der Waals surface area contributed by atoms with Gasteiger partial charge in [-0.2, -0.15) is 0 Å². The van der Waals surface area contributed by atoms with E-state index in [1.807, 2.05) is 6.07 Å². The van der Waals surface area contributed by atoms with Crippen LogP contribution in [0, 0.1) is 0 Å². The zero-order chi connectivity index (χ0) is 20.4. The van der Waals surface area contributed by atoms with E-state index in [-0.39, 0.29) is 5.91 Å². The molecule has 2 N–H and O–H groups in total. The molecule has 2 fully saturated rings. The van der Waals surface area contributed by atoms with Gasteiger partial charge in [-0.15, -0.1) is 0 Å². The lowest BCUT2D eigenvalue weighted by Gasteiger charge is -2.31. The minimum absolute atomic E-state index is 0.124. The van der Waals surface area contributed by atoms with E-state index in [4.69, 9.17) is 14.4 Å². The largest absolute Gasteiger partial charge is 0.455 e. The van der Waals surface area contributed by atoms with Gasteiger partial charge in [0.2, 0.25) is 0 Å². The number of carbonyl (C=O) groups is 1. The van der Waals surface area contributed by atoms with Crippen molar-refractivity contribution in [2.75, 3.05) is 38.1 Å². The Hall–Kier alpha value is -2.06. The number of hydrogen-bond acceptors (Lipinski definition) is 6. The number of nitrogens with one attached hydrogen (secondary N) is 2. The molecule has 2 aromatic heterocycles. The molecule has 0 radical (unpaired) electrons. The number of aromatic nitrogens is 2. The van der Waals surface area contributed by atoms with E-state index in [9.17, 15) is 4.79 Å². The third-order valence-corrected chi connectivity index (χ3v) is 6.26. The maximum atomic E-state index is 12.1. The van der Waals surface area contributed by atoms with Gasteiger partial charge in [-0.3, -0.25) is 4.79 Å². The van der Waals surface area contributed by atoms with Gasteiger partial charge in [0.25, 0.3) is 5.91 Å². The van der Waals surface area contributed by atoms with Crippen molar-refractivity contribution in [3.63, 3.8) is 0 Å². The normalized spacial score (nSPS) is 17.7. The highest BCUT2D eigenvalue weighted by Crippen LogP contribution is 2.26. The number of carbonyl (C=O) groups excluding carboxylic acids is 1. The van der Waals surface area contributed by atoms with E-state index in [1.165, 1.54) is 0 Å². The molecule has 29 heavy (non-hydrogen) atoms. The molecule has 0 aromatic carbocycles. The van der Waals surface area contributed by atoms with E-state index in [2.05, 4.69) is 37.2 Å². The molecule has 0 atom stereocenters. The van der Waals surface area contributed by atoms with Crippen LogP contribution in [0.15, 0.2) is 27.8 Å². The molecule has 0 bridgehead atoms. The maximum absolute atomic E-state index is 12.1. The van der Waals surface area contributed by atoms with Crippen molar-refractivity contribution in [2.45, 2.75) is 49.6 Å². The second kappa shape index (κ2) is 8.75. The molecule has 1 saturated carbocycles. The second-order valence-corrected chi connectivity index (χ2v) is 9.28. The molecule has 2 aliphatic rings. The number of anilines is 1. The maximum Gasteiger partial charge on any atom is 0.287 e. The van der Waals surface area contributed by atoms with E-state index >= 15 is 0 Å². The highest BCUT2D eigenvalue weighted by Gasteiger charge is 2.25. The fourth-order valence-corrected chi connectivity index (χ4v) is 4.02. The van der Waals surface area contributed by atoms with Gasteiger partial charge in [-0.05, 0) is 30.9 Å². The fraction of sp³-hybridized carbons (Fsp3) is 0.571. The van der Waals surface area contributed by atoms with Crippen molar-refractivity contribution in [2.24, 2.45) is 0 Å². The Bertz CT molecular complexity index is 857. The van der Waals surface area contributed by atoms with Gasteiger partial charge in [0.05, 0.1) is 39.0 Å². The van der Waals surface area contributed by atoms with E-state index < -0.39 is 0 Å². The molecule has 1 saturated heterocycles. The number of amides is 1. The summed E-state index contributed by atoms with van der Waals surface area (Å²) in [6.45, 7) is 8.60. The highest BCUT2D eigenvalue weighted by atomic mass is 32.2. The van der Waals surface area contributed by atoms with Crippen molar-refractivity contribution in [1.82, 2.24) is 15.3 Å². The van der Waals surface area contributed by atoms with Crippen molar-refractivity contribution < 1.29 is 14.1 Å². The number of piperazine rings is 1. The summed E-state index contributed by atoms with van der Waals surface area (Å²) in [6, 6.07) is 6.07. The van der Waals surface area contributed by atoms with Crippen LogP contribution in [0.25, 0.3) is 0 Å². The van der Waals surface area contributed by atoms with Gasteiger partial charge in [0.1, 0.15) is 11.6 Å². The van der Waals surface area contributed by atoms with Crippen LogP contribution >= 0.6 is 11.8 Å². The number of likely N-dealkylation sites (N-methyl/N-ethyl adjacent to an activating group) is 1. The molecule has 8 heteroatoms. The summed E-state index contributed by atoms with van der Waals surface area (Å²) >= 11 is 1.56. The number of rotatable bonds is 7. The Balaban J connectivity index is 1.43. The molecular formula is C21H30N5O2S+. The Labute approximate surface area is 176 Å². The van der Waals surface area contributed by atoms with E-state index in [0.29, 0.717) is 23.5 Å². The molecule has 0 spiro atoms. The lowest BCUT2D eigenvalue weighted by Crippen LogP contribution is -3.12. The van der Waals surface area contributed by atoms with Crippen LogP contribution < -0.4 is 15.1 Å².